The predicted octanol–water partition coefficient (Wildman–Crippen LogP) is 0.786. The van der Waals surface area contributed by atoms with Crippen molar-refractivity contribution in [3.8, 4) is 0 Å². The van der Waals surface area contributed by atoms with Gasteiger partial charge >= 0.3 is 0 Å². The molecule has 0 bridgehead atoms. The normalized spacial score (nSPS) is 12.6. The summed E-state index contributed by atoms with van der Waals surface area (Å²) in [5.41, 5.74) is 1.000. The van der Waals surface area contributed by atoms with Crippen LogP contribution in [0.3, 0.4) is 0 Å². The molecule has 0 aliphatic heterocycles. The standard InChI is InChI=1S/C14H20N2O2/c1-12(17)11-15-9-10-16-14(18)8-7-13-5-3-2-4-6-13/h2-8,12,15,17H,9-11H2,1H3,(H,16,18)/b8-7+. The second-order valence-electron chi connectivity index (χ2n) is 4.09. The Morgan fingerprint density at radius 1 is 1.33 bits per heavy atom. The van der Waals surface area contributed by atoms with Crippen LogP contribution in [0.15, 0.2) is 36.4 Å². The second kappa shape index (κ2) is 8.44. The van der Waals surface area contributed by atoms with Gasteiger partial charge in [0.2, 0.25) is 5.91 Å². The van der Waals surface area contributed by atoms with Crippen molar-refractivity contribution in [1.82, 2.24) is 10.6 Å². The third-order valence-electron chi connectivity index (χ3n) is 2.27. The molecule has 0 saturated heterocycles. The molecule has 0 aliphatic carbocycles. The Bertz CT molecular complexity index is 375. The molecule has 0 aliphatic rings. The van der Waals surface area contributed by atoms with Crippen LogP contribution < -0.4 is 10.6 Å². The first kappa shape index (κ1) is 14.4. The number of amides is 1. The van der Waals surface area contributed by atoms with Gasteiger partial charge in [-0.15, -0.1) is 0 Å². The van der Waals surface area contributed by atoms with Crippen LogP contribution in [-0.2, 0) is 4.79 Å². The Morgan fingerprint density at radius 3 is 2.72 bits per heavy atom. The smallest absolute Gasteiger partial charge is 0.244 e. The molecule has 1 rings (SSSR count). The summed E-state index contributed by atoms with van der Waals surface area (Å²) in [4.78, 5) is 11.4. The van der Waals surface area contributed by atoms with Gasteiger partial charge in [0.1, 0.15) is 0 Å². The summed E-state index contributed by atoms with van der Waals surface area (Å²) >= 11 is 0. The van der Waals surface area contributed by atoms with Gasteiger partial charge in [-0.1, -0.05) is 30.3 Å². The number of carbonyl (C=O) groups is 1. The Hall–Kier alpha value is -1.65. The highest BCUT2D eigenvalue weighted by atomic mass is 16.3. The summed E-state index contributed by atoms with van der Waals surface area (Å²) < 4.78 is 0. The van der Waals surface area contributed by atoms with Crippen molar-refractivity contribution in [2.45, 2.75) is 13.0 Å². The minimum atomic E-state index is -0.362. The lowest BCUT2D eigenvalue weighted by atomic mass is 10.2. The van der Waals surface area contributed by atoms with Crippen molar-refractivity contribution < 1.29 is 9.90 Å². The summed E-state index contributed by atoms with van der Waals surface area (Å²) in [6.07, 6.45) is 2.93. The maximum absolute atomic E-state index is 11.4. The largest absolute Gasteiger partial charge is 0.392 e. The predicted molar refractivity (Wildman–Crippen MR) is 73.0 cm³/mol. The van der Waals surface area contributed by atoms with Gasteiger partial charge in [0, 0.05) is 25.7 Å². The molecular weight excluding hydrogens is 228 g/mol. The van der Waals surface area contributed by atoms with Gasteiger partial charge < -0.3 is 15.7 Å². The average Bonchev–Trinajstić information content (AvgIpc) is 2.37. The zero-order chi connectivity index (χ0) is 13.2. The third-order valence-corrected chi connectivity index (χ3v) is 2.27. The highest BCUT2D eigenvalue weighted by Crippen LogP contribution is 2.00. The van der Waals surface area contributed by atoms with Crippen LogP contribution in [-0.4, -0.2) is 36.8 Å². The molecule has 1 atom stereocenters. The summed E-state index contributed by atoms with van der Waals surface area (Å²) in [7, 11) is 0. The molecule has 0 aromatic heterocycles. The van der Waals surface area contributed by atoms with Gasteiger partial charge in [0.05, 0.1) is 6.10 Å². The summed E-state index contributed by atoms with van der Waals surface area (Å²) in [6, 6.07) is 9.67. The first-order valence-corrected chi connectivity index (χ1v) is 6.08. The van der Waals surface area contributed by atoms with E-state index in [2.05, 4.69) is 10.6 Å². The van der Waals surface area contributed by atoms with Crippen LogP contribution in [0.5, 0.6) is 0 Å². The number of benzene rings is 1. The molecule has 98 valence electrons. The highest BCUT2D eigenvalue weighted by Gasteiger charge is 1.96. The Kier molecular flexibility index (Phi) is 6.76. The van der Waals surface area contributed by atoms with Crippen LogP contribution >= 0.6 is 0 Å². The minimum absolute atomic E-state index is 0.113. The van der Waals surface area contributed by atoms with E-state index in [-0.39, 0.29) is 12.0 Å². The third kappa shape index (κ3) is 6.83. The number of rotatable bonds is 7. The van der Waals surface area contributed by atoms with E-state index in [0.717, 1.165) is 5.56 Å². The fourth-order valence-electron chi connectivity index (χ4n) is 1.38. The number of aliphatic hydroxyl groups excluding tert-OH is 1. The van der Waals surface area contributed by atoms with E-state index >= 15 is 0 Å². The van der Waals surface area contributed by atoms with Crippen LogP contribution in [0.1, 0.15) is 12.5 Å². The lowest BCUT2D eigenvalue weighted by molar-refractivity contribution is -0.116. The van der Waals surface area contributed by atoms with Crippen LogP contribution in [0.2, 0.25) is 0 Å². The van der Waals surface area contributed by atoms with Gasteiger partial charge in [-0.25, -0.2) is 0 Å². The van der Waals surface area contributed by atoms with Crippen molar-refractivity contribution in [1.29, 1.82) is 0 Å². The van der Waals surface area contributed by atoms with Crippen LogP contribution in [0.4, 0.5) is 0 Å². The monoisotopic (exact) mass is 248 g/mol. The molecule has 1 amide bonds. The number of nitrogens with one attached hydrogen (secondary N) is 2. The molecule has 18 heavy (non-hydrogen) atoms. The van der Waals surface area contributed by atoms with E-state index in [1.807, 2.05) is 30.3 Å². The van der Waals surface area contributed by atoms with E-state index in [1.54, 1.807) is 13.0 Å². The molecular formula is C14H20N2O2. The van der Waals surface area contributed by atoms with Gasteiger partial charge in [0.25, 0.3) is 0 Å². The Labute approximate surface area is 108 Å². The molecule has 0 saturated carbocycles. The molecule has 4 heteroatoms. The maximum atomic E-state index is 11.4. The molecule has 1 unspecified atom stereocenters. The topological polar surface area (TPSA) is 61.4 Å². The first-order chi connectivity index (χ1) is 8.68. The second-order valence-corrected chi connectivity index (χ2v) is 4.09. The van der Waals surface area contributed by atoms with E-state index in [4.69, 9.17) is 5.11 Å². The van der Waals surface area contributed by atoms with E-state index in [0.29, 0.717) is 19.6 Å². The minimum Gasteiger partial charge on any atom is -0.392 e. The maximum Gasteiger partial charge on any atom is 0.244 e. The van der Waals surface area contributed by atoms with Gasteiger partial charge in [0.15, 0.2) is 0 Å². The van der Waals surface area contributed by atoms with Crippen molar-refractivity contribution in [3.63, 3.8) is 0 Å². The molecule has 0 heterocycles. The van der Waals surface area contributed by atoms with Crippen molar-refractivity contribution in [2.24, 2.45) is 0 Å². The lowest BCUT2D eigenvalue weighted by Gasteiger charge is -2.06. The summed E-state index contributed by atoms with van der Waals surface area (Å²) in [6.45, 7) is 3.45. The first-order valence-electron chi connectivity index (χ1n) is 6.08. The SMILES string of the molecule is CC(O)CNCCNC(=O)/C=C/c1ccccc1. The summed E-state index contributed by atoms with van der Waals surface area (Å²) in [5, 5.41) is 14.8. The highest BCUT2D eigenvalue weighted by molar-refractivity contribution is 5.91. The van der Waals surface area contributed by atoms with E-state index < -0.39 is 0 Å². The van der Waals surface area contributed by atoms with Crippen LogP contribution in [0.25, 0.3) is 6.08 Å². The Morgan fingerprint density at radius 2 is 2.06 bits per heavy atom. The molecule has 0 fully saturated rings. The van der Waals surface area contributed by atoms with Crippen molar-refractivity contribution in [2.75, 3.05) is 19.6 Å². The van der Waals surface area contributed by atoms with Crippen molar-refractivity contribution in [3.05, 3.63) is 42.0 Å². The fourth-order valence-corrected chi connectivity index (χ4v) is 1.38. The van der Waals surface area contributed by atoms with Gasteiger partial charge in [-0.05, 0) is 18.6 Å². The van der Waals surface area contributed by atoms with E-state index in [1.165, 1.54) is 6.08 Å². The molecule has 4 nitrogen and oxygen atoms in total. The number of hydrogen-bond donors (Lipinski definition) is 3. The fraction of sp³-hybridized carbons (Fsp3) is 0.357. The van der Waals surface area contributed by atoms with E-state index in [9.17, 15) is 4.79 Å². The lowest BCUT2D eigenvalue weighted by Crippen LogP contribution is -2.33. The number of hydrogen-bond acceptors (Lipinski definition) is 3. The zero-order valence-electron chi connectivity index (χ0n) is 10.6. The molecule has 1 aromatic carbocycles. The zero-order valence-corrected chi connectivity index (χ0v) is 10.6. The average molecular weight is 248 g/mol. The number of aliphatic hydroxyl groups is 1. The van der Waals surface area contributed by atoms with Gasteiger partial charge in [-0.2, -0.15) is 0 Å². The Balaban J connectivity index is 2.16. The molecule has 1 aromatic rings. The quantitative estimate of drug-likeness (QED) is 0.494. The number of carbonyl (C=O) groups excluding carboxylic acids is 1. The molecule has 0 radical (unpaired) electrons. The molecule has 0 spiro atoms. The van der Waals surface area contributed by atoms with Crippen molar-refractivity contribution >= 4 is 12.0 Å². The van der Waals surface area contributed by atoms with Crippen LogP contribution in [0, 0.1) is 0 Å². The summed E-state index contributed by atoms with van der Waals surface area (Å²) in [5.74, 6) is -0.113. The molecule has 3 N–H and O–H groups in total. The van der Waals surface area contributed by atoms with Gasteiger partial charge in [-0.3, -0.25) is 4.79 Å².